The third-order valence-corrected chi connectivity index (χ3v) is 5.98. The average Bonchev–Trinajstić information content (AvgIpc) is 3.12. The van der Waals surface area contributed by atoms with Crippen LogP contribution in [0, 0.1) is 0 Å². The van der Waals surface area contributed by atoms with Crippen LogP contribution in [-0.2, 0) is 58.1 Å². The standard InChI is InChI=1S/4C6H12O7.2Zn/c4*7-1-2(8)3(9)4(10)5(11)6(12)13;;/h4*2-5,7-11H,1H2,(H,12,13);;/q;;;;2*+2/p-4/t4*2-,3-,4+,5-;;/m1111../s1. The molecule has 0 spiro atoms. The van der Waals surface area contributed by atoms with E-state index in [0.717, 1.165) is 0 Å². The van der Waals surface area contributed by atoms with Gasteiger partial charge < -0.3 is 142 Å². The topological polar surface area (TPSA) is 565 Å². The number of hydrogen-bond donors (Lipinski definition) is 20. The smallest absolute Gasteiger partial charge is 0.547 e. The minimum Gasteiger partial charge on any atom is -0.547 e. The molecule has 0 saturated carbocycles. The van der Waals surface area contributed by atoms with Gasteiger partial charge in [0.05, 0.1) is 50.3 Å². The summed E-state index contributed by atoms with van der Waals surface area (Å²) in [7, 11) is 0. The number of carbonyl (C=O) groups is 4. The Hall–Kier alpha value is -1.67. The first-order chi connectivity index (χ1) is 23.7. The van der Waals surface area contributed by atoms with Crippen molar-refractivity contribution in [3.8, 4) is 0 Å². The van der Waals surface area contributed by atoms with Crippen molar-refractivity contribution in [3.05, 3.63) is 0 Å². The van der Waals surface area contributed by atoms with E-state index in [2.05, 4.69) is 0 Å². The summed E-state index contributed by atoms with van der Waals surface area (Å²) in [6.45, 7) is -3.45. The first-order valence-electron chi connectivity index (χ1n) is 13.8. The number of aliphatic carboxylic acids is 4. The van der Waals surface area contributed by atoms with Crippen LogP contribution in [0.1, 0.15) is 0 Å². The summed E-state index contributed by atoms with van der Waals surface area (Å²) < 4.78 is 0. The second-order valence-electron chi connectivity index (χ2n) is 9.98. The van der Waals surface area contributed by atoms with Gasteiger partial charge in [0.1, 0.15) is 97.7 Å². The van der Waals surface area contributed by atoms with Crippen LogP contribution in [0.15, 0.2) is 0 Å². The monoisotopic (exact) mass is 908 g/mol. The van der Waals surface area contributed by atoms with E-state index in [-0.39, 0.29) is 39.0 Å². The molecule has 54 heavy (non-hydrogen) atoms. The normalized spacial score (nSPS) is 19.6. The fraction of sp³-hybridized carbons (Fsp3) is 0.833. The molecule has 0 aliphatic carbocycles. The van der Waals surface area contributed by atoms with Gasteiger partial charge >= 0.3 is 39.0 Å². The van der Waals surface area contributed by atoms with Crippen LogP contribution in [0.3, 0.4) is 0 Å². The third kappa shape index (κ3) is 24.8. The minimum atomic E-state index is -2.31. The van der Waals surface area contributed by atoms with E-state index in [1.165, 1.54) is 0 Å². The van der Waals surface area contributed by atoms with Crippen molar-refractivity contribution in [2.45, 2.75) is 97.7 Å². The molecular weight excluding hydrogens is 867 g/mol. The predicted octanol–water partition coefficient (Wildman–Crippen LogP) is -19.3. The van der Waals surface area contributed by atoms with Gasteiger partial charge in [-0.1, -0.05) is 0 Å². The summed E-state index contributed by atoms with van der Waals surface area (Å²) in [6, 6.07) is 0. The third-order valence-electron chi connectivity index (χ3n) is 5.98. The molecule has 0 fully saturated rings. The maximum Gasteiger partial charge on any atom is 2.00 e. The zero-order valence-electron chi connectivity index (χ0n) is 27.7. The molecule has 28 nitrogen and oxygen atoms in total. The molecule has 0 aliphatic heterocycles. The molecule has 0 aromatic carbocycles. The van der Waals surface area contributed by atoms with E-state index < -0.39 is 148 Å². The molecule has 30 heteroatoms. The first kappa shape index (κ1) is 64.2. The van der Waals surface area contributed by atoms with Crippen LogP contribution in [0.25, 0.3) is 0 Å². The van der Waals surface area contributed by atoms with E-state index in [1.807, 2.05) is 0 Å². The zero-order chi connectivity index (χ0) is 42.4. The van der Waals surface area contributed by atoms with E-state index in [0.29, 0.717) is 0 Å². The molecule has 0 aliphatic rings. The number of carboxylic acids is 4. The van der Waals surface area contributed by atoms with Crippen LogP contribution in [0.4, 0.5) is 0 Å². The fourth-order valence-electron chi connectivity index (χ4n) is 2.65. The summed E-state index contributed by atoms with van der Waals surface area (Å²) in [4.78, 5) is 39.9. The summed E-state index contributed by atoms with van der Waals surface area (Å²) in [5.74, 6) is -7.90. The predicted molar refractivity (Wildman–Crippen MR) is 144 cm³/mol. The Balaban J connectivity index is -0.000000140. The molecule has 20 N–H and O–H groups in total. The van der Waals surface area contributed by atoms with Gasteiger partial charge in [-0.25, -0.2) is 0 Å². The van der Waals surface area contributed by atoms with E-state index in [1.54, 1.807) is 0 Å². The quantitative estimate of drug-likeness (QED) is 0.0504. The van der Waals surface area contributed by atoms with Crippen molar-refractivity contribution in [1.29, 1.82) is 0 Å². The van der Waals surface area contributed by atoms with Crippen molar-refractivity contribution >= 4 is 23.9 Å². The van der Waals surface area contributed by atoms with Gasteiger partial charge in [-0.2, -0.15) is 0 Å². The van der Waals surface area contributed by atoms with Gasteiger partial charge in [-0.3, -0.25) is 0 Å². The van der Waals surface area contributed by atoms with Crippen LogP contribution in [-0.4, -0.2) is 250 Å². The van der Waals surface area contributed by atoms with Gasteiger partial charge in [0.15, 0.2) is 0 Å². The van der Waals surface area contributed by atoms with E-state index >= 15 is 0 Å². The first-order valence-corrected chi connectivity index (χ1v) is 13.8. The molecule has 0 rings (SSSR count). The molecular formula is C24H44O28Zn2. The summed E-state index contributed by atoms with van der Waals surface area (Å²) in [5, 5.41) is 214. The summed E-state index contributed by atoms with van der Waals surface area (Å²) in [5.41, 5.74) is 0. The second kappa shape index (κ2) is 33.5. The zero-order valence-corrected chi connectivity index (χ0v) is 33.6. The Morgan fingerprint density at radius 1 is 0.296 bits per heavy atom. The molecule has 0 aromatic rings. The number of hydrogen-bond acceptors (Lipinski definition) is 28. The number of carbonyl (C=O) groups excluding carboxylic acids is 4. The number of rotatable bonds is 20. The fourth-order valence-corrected chi connectivity index (χ4v) is 2.65. The van der Waals surface area contributed by atoms with E-state index in [4.69, 9.17) is 102 Å². The van der Waals surface area contributed by atoms with Crippen LogP contribution in [0.2, 0.25) is 0 Å². The largest absolute Gasteiger partial charge is 2.00 e. The Morgan fingerprint density at radius 3 is 0.481 bits per heavy atom. The molecule has 0 radical (unpaired) electrons. The maximum absolute atomic E-state index is 9.98. The van der Waals surface area contributed by atoms with Crippen LogP contribution < -0.4 is 20.4 Å². The maximum atomic E-state index is 9.98. The van der Waals surface area contributed by atoms with Crippen molar-refractivity contribution in [3.63, 3.8) is 0 Å². The molecule has 0 heterocycles. The van der Waals surface area contributed by atoms with Crippen LogP contribution >= 0.6 is 0 Å². The van der Waals surface area contributed by atoms with Gasteiger partial charge in [-0.15, -0.1) is 0 Å². The van der Waals surface area contributed by atoms with Gasteiger partial charge in [0.25, 0.3) is 0 Å². The Bertz CT molecular complexity index is 846. The molecule has 0 aromatic heterocycles. The Labute approximate surface area is 328 Å². The number of aliphatic hydroxyl groups is 20. The van der Waals surface area contributed by atoms with Crippen LogP contribution in [0.5, 0.6) is 0 Å². The molecule has 0 unspecified atom stereocenters. The van der Waals surface area contributed by atoms with Gasteiger partial charge in [0.2, 0.25) is 0 Å². The van der Waals surface area contributed by atoms with Gasteiger partial charge in [0, 0.05) is 0 Å². The molecule has 0 amide bonds. The molecule has 16 atom stereocenters. The summed E-state index contributed by atoms with van der Waals surface area (Å²) in [6.07, 6.45) is -32.3. The Kier molecular flexibility index (Phi) is 39.8. The van der Waals surface area contributed by atoms with Crippen molar-refractivity contribution < 1.29 is 181 Å². The number of carboxylic acid groups (broad SMARTS) is 4. The molecule has 312 valence electrons. The average molecular weight is 911 g/mol. The molecule has 0 bridgehead atoms. The van der Waals surface area contributed by atoms with Crippen molar-refractivity contribution in [2.24, 2.45) is 0 Å². The Morgan fingerprint density at radius 2 is 0.407 bits per heavy atom. The van der Waals surface area contributed by atoms with E-state index in [9.17, 15) is 39.6 Å². The minimum absolute atomic E-state index is 0. The SMILES string of the molecule is O=C([O-])[C@H](O)[C@@H](O)[C@H](O)[C@H](O)CO.O=C([O-])[C@H](O)[C@@H](O)[C@H](O)[C@H](O)CO.O=C([O-])[C@H](O)[C@@H](O)[C@H](O)[C@H](O)CO.O=C([O-])[C@H](O)[C@@H](O)[C@H](O)[C@H](O)CO.[Zn+2].[Zn+2]. The second-order valence-corrected chi connectivity index (χ2v) is 9.98. The molecule has 0 saturated heterocycles. The summed E-state index contributed by atoms with van der Waals surface area (Å²) >= 11 is 0. The van der Waals surface area contributed by atoms with Crippen molar-refractivity contribution in [1.82, 2.24) is 0 Å². The van der Waals surface area contributed by atoms with Crippen molar-refractivity contribution in [2.75, 3.05) is 26.4 Å². The van der Waals surface area contributed by atoms with Gasteiger partial charge in [-0.05, 0) is 0 Å². The number of aliphatic hydroxyl groups excluding tert-OH is 20.